The Bertz CT molecular complexity index is 440. The van der Waals surface area contributed by atoms with E-state index in [4.69, 9.17) is 5.26 Å². The van der Waals surface area contributed by atoms with E-state index in [0.717, 1.165) is 5.69 Å². The molecule has 1 aromatic rings. The third-order valence-electron chi connectivity index (χ3n) is 1.89. The highest BCUT2D eigenvalue weighted by Crippen LogP contribution is 2.26. The number of hydrogen-bond acceptors (Lipinski definition) is 3. The molecule has 0 radical (unpaired) electrons. The Balaban J connectivity index is 2.51. The summed E-state index contributed by atoms with van der Waals surface area (Å²) < 4.78 is 0. The van der Waals surface area contributed by atoms with Crippen LogP contribution in [0.2, 0.25) is 0 Å². The number of Topliss-reactive ketones (excluding diaryl/α,β-unsaturated/α-hetero) is 1. The highest BCUT2D eigenvalue weighted by molar-refractivity contribution is 6.18. The molecule has 0 saturated carbocycles. The minimum atomic E-state index is -0.114. The van der Waals surface area contributed by atoms with Gasteiger partial charge in [-0.15, -0.1) is 0 Å². The fourth-order valence-corrected chi connectivity index (χ4v) is 1.30. The topological polar surface area (TPSA) is 52.9 Å². The van der Waals surface area contributed by atoms with Gasteiger partial charge < -0.3 is 5.32 Å². The van der Waals surface area contributed by atoms with Crippen LogP contribution in [0.25, 0.3) is 0 Å². The Labute approximate surface area is 75.3 Å². The number of para-hydroxylation sites is 1. The Morgan fingerprint density at radius 2 is 2.15 bits per heavy atom. The molecule has 2 rings (SSSR count). The smallest absolute Gasteiger partial charge is 0.212 e. The number of anilines is 1. The van der Waals surface area contributed by atoms with Crippen LogP contribution in [0.1, 0.15) is 10.4 Å². The molecule has 3 heteroatoms. The number of carbonyl (C=O) groups is 1. The molecule has 0 amide bonds. The van der Waals surface area contributed by atoms with Crippen LogP contribution in [0, 0.1) is 11.3 Å². The summed E-state index contributed by atoms with van der Waals surface area (Å²) in [4.78, 5) is 11.5. The molecule has 3 nitrogen and oxygen atoms in total. The molecule has 0 saturated heterocycles. The molecule has 0 spiro atoms. The third kappa shape index (κ3) is 1.09. The van der Waals surface area contributed by atoms with Crippen LogP contribution in [-0.2, 0) is 0 Å². The van der Waals surface area contributed by atoms with E-state index >= 15 is 0 Å². The number of ketones is 1. The number of carbonyl (C=O) groups excluding carboxylic acids is 1. The largest absolute Gasteiger partial charge is 0.351 e. The predicted octanol–water partition coefficient (Wildman–Crippen LogP) is 1.70. The average Bonchev–Trinajstić information content (AvgIpc) is 2.46. The first-order valence-electron chi connectivity index (χ1n) is 3.83. The van der Waals surface area contributed by atoms with Gasteiger partial charge in [-0.25, -0.2) is 0 Å². The molecular weight excluding hydrogens is 164 g/mol. The third-order valence-corrected chi connectivity index (χ3v) is 1.89. The van der Waals surface area contributed by atoms with Gasteiger partial charge in [0.05, 0.1) is 11.8 Å². The van der Waals surface area contributed by atoms with E-state index in [1.807, 2.05) is 18.2 Å². The number of hydrogen-bond donors (Lipinski definition) is 1. The van der Waals surface area contributed by atoms with Crippen LogP contribution in [0.4, 0.5) is 5.69 Å². The number of benzene rings is 1. The van der Waals surface area contributed by atoms with E-state index in [0.29, 0.717) is 11.3 Å². The zero-order chi connectivity index (χ0) is 9.26. The van der Waals surface area contributed by atoms with E-state index in [-0.39, 0.29) is 5.78 Å². The standard InChI is InChI=1S/C10H6N2O/c11-6-5-9-10(13)7-3-1-2-4-8(7)12-9/h1-5,12H. The number of fused-ring (bicyclic) bond motifs is 1. The van der Waals surface area contributed by atoms with Crippen molar-refractivity contribution < 1.29 is 4.79 Å². The van der Waals surface area contributed by atoms with Crippen molar-refractivity contribution in [3.05, 3.63) is 41.6 Å². The lowest BCUT2D eigenvalue weighted by Gasteiger charge is -1.93. The Morgan fingerprint density at radius 1 is 1.38 bits per heavy atom. The molecular formula is C10H6N2O. The molecule has 1 aliphatic heterocycles. The van der Waals surface area contributed by atoms with Crippen LogP contribution < -0.4 is 5.32 Å². The molecule has 0 unspecified atom stereocenters. The Hall–Kier alpha value is -2.08. The number of allylic oxidation sites excluding steroid dienone is 2. The second-order valence-electron chi connectivity index (χ2n) is 2.69. The van der Waals surface area contributed by atoms with E-state index < -0.39 is 0 Å². The normalized spacial score (nSPS) is 16.5. The van der Waals surface area contributed by atoms with Gasteiger partial charge in [-0.05, 0) is 12.1 Å². The average molecular weight is 170 g/mol. The van der Waals surface area contributed by atoms with Gasteiger partial charge in [-0.2, -0.15) is 5.26 Å². The highest BCUT2D eigenvalue weighted by Gasteiger charge is 2.23. The molecule has 0 fully saturated rings. The maximum absolute atomic E-state index is 11.5. The van der Waals surface area contributed by atoms with Gasteiger partial charge in [0.15, 0.2) is 0 Å². The van der Waals surface area contributed by atoms with Crippen molar-refractivity contribution in [1.82, 2.24) is 0 Å². The summed E-state index contributed by atoms with van der Waals surface area (Å²) in [6, 6.07) is 9.02. The molecule has 1 heterocycles. The summed E-state index contributed by atoms with van der Waals surface area (Å²) in [6.45, 7) is 0. The quantitative estimate of drug-likeness (QED) is 0.476. The van der Waals surface area contributed by atoms with Gasteiger partial charge in [0.25, 0.3) is 0 Å². The number of nitrogens with zero attached hydrogens (tertiary/aromatic N) is 1. The van der Waals surface area contributed by atoms with Gasteiger partial charge in [0.2, 0.25) is 5.78 Å². The summed E-state index contributed by atoms with van der Waals surface area (Å²) >= 11 is 0. The second kappa shape index (κ2) is 2.76. The van der Waals surface area contributed by atoms with Crippen molar-refractivity contribution in [1.29, 1.82) is 5.26 Å². The number of nitrogens with one attached hydrogen (secondary N) is 1. The maximum Gasteiger partial charge on any atom is 0.212 e. The molecule has 1 aliphatic rings. The first kappa shape index (κ1) is 7.56. The second-order valence-corrected chi connectivity index (χ2v) is 2.69. The monoisotopic (exact) mass is 170 g/mol. The van der Waals surface area contributed by atoms with Crippen molar-refractivity contribution >= 4 is 11.5 Å². The van der Waals surface area contributed by atoms with Crippen LogP contribution in [-0.4, -0.2) is 5.78 Å². The summed E-state index contributed by atoms with van der Waals surface area (Å²) in [7, 11) is 0. The molecule has 0 atom stereocenters. The molecule has 1 aromatic carbocycles. The maximum atomic E-state index is 11.5. The SMILES string of the molecule is N#CC=C1Nc2ccccc2C1=O. The molecule has 13 heavy (non-hydrogen) atoms. The highest BCUT2D eigenvalue weighted by atomic mass is 16.1. The van der Waals surface area contributed by atoms with Crippen molar-refractivity contribution in [3.8, 4) is 6.07 Å². The minimum Gasteiger partial charge on any atom is -0.351 e. The molecule has 1 N–H and O–H groups in total. The van der Waals surface area contributed by atoms with Gasteiger partial charge in [-0.3, -0.25) is 4.79 Å². The van der Waals surface area contributed by atoms with Crippen molar-refractivity contribution in [3.63, 3.8) is 0 Å². The molecule has 62 valence electrons. The van der Waals surface area contributed by atoms with E-state index in [1.165, 1.54) is 6.08 Å². The van der Waals surface area contributed by atoms with Gasteiger partial charge >= 0.3 is 0 Å². The van der Waals surface area contributed by atoms with Crippen molar-refractivity contribution in [2.24, 2.45) is 0 Å². The van der Waals surface area contributed by atoms with Crippen LogP contribution >= 0.6 is 0 Å². The van der Waals surface area contributed by atoms with Crippen LogP contribution in [0.15, 0.2) is 36.0 Å². The van der Waals surface area contributed by atoms with Crippen LogP contribution in [0.3, 0.4) is 0 Å². The summed E-state index contributed by atoms with van der Waals surface area (Å²) in [5.41, 5.74) is 1.75. The number of rotatable bonds is 0. The lowest BCUT2D eigenvalue weighted by Crippen LogP contribution is -1.98. The van der Waals surface area contributed by atoms with Gasteiger partial charge in [0.1, 0.15) is 0 Å². The summed E-state index contributed by atoms with van der Waals surface area (Å²) in [6.07, 6.45) is 1.22. The fraction of sp³-hybridized carbons (Fsp3) is 0. The molecule has 0 aromatic heterocycles. The lowest BCUT2D eigenvalue weighted by atomic mass is 10.1. The van der Waals surface area contributed by atoms with E-state index in [1.54, 1.807) is 12.1 Å². The first-order valence-corrected chi connectivity index (χ1v) is 3.83. The van der Waals surface area contributed by atoms with E-state index in [9.17, 15) is 4.79 Å². The van der Waals surface area contributed by atoms with Gasteiger partial charge in [-0.1, -0.05) is 12.1 Å². The zero-order valence-electron chi connectivity index (χ0n) is 6.74. The zero-order valence-corrected chi connectivity index (χ0v) is 6.74. The Morgan fingerprint density at radius 3 is 2.85 bits per heavy atom. The molecule has 0 bridgehead atoms. The van der Waals surface area contributed by atoms with Crippen molar-refractivity contribution in [2.75, 3.05) is 5.32 Å². The molecule has 0 aliphatic carbocycles. The summed E-state index contributed by atoms with van der Waals surface area (Å²) in [5.74, 6) is -0.114. The first-order chi connectivity index (χ1) is 6.33. The predicted molar refractivity (Wildman–Crippen MR) is 48.1 cm³/mol. The van der Waals surface area contributed by atoms with E-state index in [2.05, 4.69) is 5.32 Å². The Kier molecular flexibility index (Phi) is 1.60. The van der Waals surface area contributed by atoms with Crippen LogP contribution in [0.5, 0.6) is 0 Å². The number of nitriles is 1. The van der Waals surface area contributed by atoms with Gasteiger partial charge in [0, 0.05) is 17.3 Å². The lowest BCUT2D eigenvalue weighted by molar-refractivity contribution is 0.104. The summed E-state index contributed by atoms with van der Waals surface area (Å²) in [5, 5.41) is 11.3. The fourth-order valence-electron chi connectivity index (χ4n) is 1.30. The minimum absolute atomic E-state index is 0.114. The van der Waals surface area contributed by atoms with Crippen molar-refractivity contribution in [2.45, 2.75) is 0 Å².